The molecule has 4 aliphatic carbocycles. The van der Waals surface area contributed by atoms with Crippen LogP contribution in [0.1, 0.15) is 121 Å². The number of carbonyl (C=O) groups excluding carboxylic acids is 2. The Bertz CT molecular complexity index is 1330. The first kappa shape index (κ1) is 39.8. The number of ether oxygens (including phenoxy) is 2. The Balaban J connectivity index is 1.74. The van der Waals surface area contributed by atoms with Gasteiger partial charge in [-0.05, 0) is 118 Å². The van der Waals surface area contributed by atoms with E-state index in [0.717, 1.165) is 36.8 Å². The van der Waals surface area contributed by atoms with E-state index in [1.54, 1.807) is 13.8 Å². The van der Waals surface area contributed by atoms with E-state index in [-0.39, 0.29) is 46.6 Å². The summed E-state index contributed by atoms with van der Waals surface area (Å²) in [6.45, 7) is 24.3. The fourth-order valence-electron chi connectivity index (χ4n) is 11.7. The number of rotatable bonds is 9. The van der Waals surface area contributed by atoms with Gasteiger partial charge in [0.05, 0.1) is 36.9 Å². The first-order chi connectivity index (χ1) is 22.6. The van der Waals surface area contributed by atoms with Crippen molar-refractivity contribution in [1.29, 1.82) is 0 Å². The summed E-state index contributed by atoms with van der Waals surface area (Å²) in [4.78, 5) is 25.6. The van der Waals surface area contributed by atoms with Crippen LogP contribution in [0.15, 0.2) is 36.0 Å². The summed E-state index contributed by atoms with van der Waals surface area (Å²) in [5.41, 5.74) is -1.64. The molecular weight excluding hydrogens is 620 g/mol. The lowest BCUT2D eigenvalue weighted by Gasteiger charge is -2.70. The Morgan fingerprint density at radius 1 is 0.837 bits per heavy atom. The van der Waals surface area contributed by atoms with Gasteiger partial charge >= 0.3 is 11.9 Å². The number of esters is 2. The summed E-state index contributed by atoms with van der Waals surface area (Å²) in [6.07, 6.45) is 6.71. The van der Waals surface area contributed by atoms with Gasteiger partial charge in [-0.1, -0.05) is 58.8 Å². The van der Waals surface area contributed by atoms with Gasteiger partial charge < -0.3 is 29.9 Å². The van der Waals surface area contributed by atoms with Crippen molar-refractivity contribution in [3.05, 3.63) is 36.0 Å². The highest BCUT2D eigenvalue weighted by atomic mass is 16.6. The van der Waals surface area contributed by atoms with Crippen LogP contribution >= 0.6 is 0 Å². The predicted octanol–water partition coefficient (Wildman–Crippen LogP) is 6.70. The van der Waals surface area contributed by atoms with E-state index < -0.39 is 53.2 Å². The standard InChI is InChI=1S/C41H66O8/c1-12-13-29-38(9)16-15-30(43)39(10,24-48-32(45)18-25(2)3)28(38)14-17-40(29,11)37(8)21-27-20-36(6,7)34(47)35(49-33(46)19-26(4)5)41(27,23-42)31(44)22-37/h12,18-19,27-31,34-35,42-44,47H,1,13-17,20-24H2,2-11H3/t27?,28?,29?,30-,31+,34-,35-,37-,38-,39+,40+,41-/m0/s1. The fraction of sp³-hybridized carbons (Fsp3) is 0.805. The minimum absolute atomic E-state index is 0.0950. The Labute approximate surface area is 295 Å². The summed E-state index contributed by atoms with van der Waals surface area (Å²) in [5.74, 6) is -0.923. The number of aliphatic hydroxyl groups is 4. The van der Waals surface area contributed by atoms with Gasteiger partial charge in [0, 0.05) is 17.6 Å². The van der Waals surface area contributed by atoms with Gasteiger partial charge in [0.1, 0.15) is 6.10 Å². The third-order valence-electron chi connectivity index (χ3n) is 14.6. The molecule has 4 saturated carbocycles. The van der Waals surface area contributed by atoms with Crippen LogP contribution < -0.4 is 0 Å². The van der Waals surface area contributed by atoms with Crippen LogP contribution in [0.25, 0.3) is 0 Å². The monoisotopic (exact) mass is 686 g/mol. The van der Waals surface area contributed by atoms with E-state index in [1.165, 1.54) is 12.2 Å². The van der Waals surface area contributed by atoms with E-state index in [9.17, 15) is 30.0 Å². The summed E-state index contributed by atoms with van der Waals surface area (Å²) in [7, 11) is 0. The fourth-order valence-corrected chi connectivity index (χ4v) is 11.7. The van der Waals surface area contributed by atoms with Crippen LogP contribution in [-0.2, 0) is 19.1 Å². The number of aliphatic hydroxyl groups excluding tert-OH is 4. The van der Waals surface area contributed by atoms with Crippen LogP contribution in [0, 0.1) is 50.2 Å². The van der Waals surface area contributed by atoms with Crippen molar-refractivity contribution in [3.63, 3.8) is 0 Å². The second-order valence-electron chi connectivity index (χ2n) is 18.7. The second-order valence-corrected chi connectivity index (χ2v) is 18.7. The molecular formula is C41H66O8. The molecule has 0 saturated heterocycles. The number of carbonyl (C=O) groups is 2. The SMILES string of the molecule is C=CCC1[C@@]2(C)CC[C@H](O)[C@](C)(COC(=O)C=C(C)C)C2CC[C@@]1(C)[C@@]1(C)CC2CC(C)(C)[C@@H](O)[C@H](OC(=O)C=C(C)C)[C@]2(CO)[C@H](O)C1. The first-order valence-electron chi connectivity index (χ1n) is 18.5. The zero-order chi connectivity index (χ0) is 37.0. The Morgan fingerprint density at radius 3 is 2.02 bits per heavy atom. The lowest BCUT2D eigenvalue weighted by molar-refractivity contribution is -0.278. The van der Waals surface area contributed by atoms with Crippen LogP contribution in [0.3, 0.4) is 0 Å². The van der Waals surface area contributed by atoms with Gasteiger partial charge in [-0.2, -0.15) is 0 Å². The molecule has 49 heavy (non-hydrogen) atoms. The third kappa shape index (κ3) is 6.62. The third-order valence-corrected chi connectivity index (χ3v) is 14.6. The zero-order valence-corrected chi connectivity index (χ0v) is 32.0. The maximum absolute atomic E-state index is 13.0. The predicted molar refractivity (Wildman–Crippen MR) is 191 cm³/mol. The molecule has 0 aliphatic heterocycles. The van der Waals surface area contributed by atoms with E-state index in [1.807, 2.05) is 33.8 Å². The van der Waals surface area contributed by atoms with Crippen molar-refractivity contribution in [2.75, 3.05) is 13.2 Å². The molecule has 0 heterocycles. The van der Waals surface area contributed by atoms with E-state index in [2.05, 4.69) is 34.3 Å². The molecule has 4 N–H and O–H groups in total. The van der Waals surface area contributed by atoms with Gasteiger partial charge in [0.15, 0.2) is 0 Å². The summed E-state index contributed by atoms with van der Waals surface area (Å²) in [5, 5.41) is 46.6. The van der Waals surface area contributed by atoms with E-state index in [0.29, 0.717) is 25.7 Å². The van der Waals surface area contributed by atoms with Crippen LogP contribution in [-0.4, -0.2) is 70.0 Å². The Kier molecular flexibility index (Phi) is 11.2. The van der Waals surface area contributed by atoms with Crippen molar-refractivity contribution in [2.45, 2.75) is 145 Å². The molecule has 3 unspecified atom stereocenters. The summed E-state index contributed by atoms with van der Waals surface area (Å²) < 4.78 is 11.8. The highest BCUT2D eigenvalue weighted by Crippen LogP contribution is 2.73. The second kappa shape index (κ2) is 13.9. The largest absolute Gasteiger partial charge is 0.462 e. The molecule has 4 aliphatic rings. The lowest BCUT2D eigenvalue weighted by atomic mass is 9.35. The topological polar surface area (TPSA) is 134 Å². The number of hydrogen-bond acceptors (Lipinski definition) is 8. The minimum Gasteiger partial charge on any atom is -0.462 e. The first-order valence-corrected chi connectivity index (χ1v) is 18.5. The molecule has 4 rings (SSSR count). The van der Waals surface area contributed by atoms with Gasteiger partial charge in [-0.3, -0.25) is 0 Å². The average molecular weight is 687 g/mol. The van der Waals surface area contributed by atoms with Crippen LogP contribution in [0.4, 0.5) is 0 Å². The van der Waals surface area contributed by atoms with Crippen molar-refractivity contribution in [3.8, 4) is 0 Å². The Hall–Kier alpha value is -2.00. The van der Waals surface area contributed by atoms with E-state index in [4.69, 9.17) is 9.47 Å². The molecule has 0 spiro atoms. The van der Waals surface area contributed by atoms with Gasteiger partial charge in [-0.25, -0.2) is 9.59 Å². The smallest absolute Gasteiger partial charge is 0.331 e. The van der Waals surface area contributed by atoms with Crippen LogP contribution in [0.5, 0.6) is 0 Å². The van der Waals surface area contributed by atoms with Gasteiger partial charge in [0.25, 0.3) is 0 Å². The molecule has 278 valence electrons. The molecule has 4 fully saturated rings. The highest BCUT2D eigenvalue weighted by Gasteiger charge is 2.70. The molecule has 12 atom stereocenters. The molecule has 0 aromatic rings. The zero-order valence-electron chi connectivity index (χ0n) is 32.0. The quantitative estimate of drug-likeness (QED) is 0.120. The maximum Gasteiger partial charge on any atom is 0.331 e. The minimum atomic E-state index is -1.20. The van der Waals surface area contributed by atoms with Gasteiger partial charge in [0.2, 0.25) is 0 Å². The number of fused-ring (bicyclic) bond motifs is 2. The van der Waals surface area contributed by atoms with Crippen LogP contribution in [0.2, 0.25) is 0 Å². The van der Waals surface area contributed by atoms with E-state index >= 15 is 0 Å². The highest BCUT2D eigenvalue weighted by molar-refractivity contribution is 5.83. The molecule has 0 bridgehead atoms. The molecule has 8 heteroatoms. The summed E-state index contributed by atoms with van der Waals surface area (Å²) in [6, 6.07) is 0. The lowest BCUT2D eigenvalue weighted by Crippen LogP contribution is -2.70. The number of hydrogen-bond donors (Lipinski definition) is 4. The normalized spacial score (nSPS) is 44.4. The molecule has 0 aromatic heterocycles. The number of allylic oxidation sites excluding steroid dienone is 3. The van der Waals surface area contributed by atoms with Crippen molar-refractivity contribution in [1.82, 2.24) is 0 Å². The maximum atomic E-state index is 13.0. The van der Waals surface area contributed by atoms with Crippen molar-refractivity contribution in [2.24, 2.45) is 50.2 Å². The Morgan fingerprint density at radius 2 is 1.45 bits per heavy atom. The molecule has 0 aromatic carbocycles. The summed E-state index contributed by atoms with van der Waals surface area (Å²) >= 11 is 0. The van der Waals surface area contributed by atoms with Gasteiger partial charge in [-0.15, -0.1) is 6.58 Å². The molecule has 0 amide bonds. The average Bonchev–Trinajstić information content (AvgIpc) is 2.98. The molecule has 0 radical (unpaired) electrons. The molecule has 8 nitrogen and oxygen atoms in total. The van der Waals surface area contributed by atoms with Crippen molar-refractivity contribution < 1.29 is 39.5 Å². The van der Waals surface area contributed by atoms with Crippen molar-refractivity contribution >= 4 is 11.9 Å².